The van der Waals surface area contributed by atoms with Crippen LogP contribution < -0.4 is 0 Å². The Balaban J connectivity index is 2.89. The Morgan fingerprint density at radius 3 is 3.08 bits per heavy atom. The lowest BCUT2D eigenvalue weighted by Gasteiger charge is -2.00. The fourth-order valence-corrected chi connectivity index (χ4v) is 1.35. The maximum Gasteiger partial charge on any atom is 0.307 e. The lowest BCUT2D eigenvalue weighted by atomic mass is 10.2. The smallest absolute Gasteiger partial charge is 0.307 e. The molecule has 1 rings (SSSR count). The maximum absolute atomic E-state index is 10.4. The second-order valence-electron chi connectivity index (χ2n) is 2.13. The first-order valence-electron chi connectivity index (χ1n) is 3.28. The van der Waals surface area contributed by atoms with Crippen molar-refractivity contribution in [2.45, 2.75) is 11.4 Å². The molecular weight excluding hydrogens is 176 g/mol. The number of hydrogen-bond acceptors (Lipinski definition) is 4. The molecule has 0 amide bonds. The van der Waals surface area contributed by atoms with Gasteiger partial charge in [-0.25, -0.2) is 9.97 Å². The zero-order chi connectivity index (χ0) is 8.97. The van der Waals surface area contributed by atoms with Gasteiger partial charge in [-0.05, 0) is 6.26 Å². The summed E-state index contributed by atoms with van der Waals surface area (Å²) >= 11 is 1.42. The molecule has 0 aromatic carbocycles. The molecule has 0 aliphatic rings. The largest absolute Gasteiger partial charge is 0.481 e. The summed E-state index contributed by atoms with van der Waals surface area (Å²) in [6.07, 6.45) is 4.79. The molecule has 64 valence electrons. The van der Waals surface area contributed by atoms with Crippen molar-refractivity contribution in [3.63, 3.8) is 0 Å². The molecule has 0 bridgehead atoms. The van der Waals surface area contributed by atoms with E-state index in [4.69, 9.17) is 5.11 Å². The fourth-order valence-electron chi connectivity index (χ4n) is 0.815. The summed E-state index contributed by atoms with van der Waals surface area (Å²) in [6.45, 7) is 0. The van der Waals surface area contributed by atoms with Gasteiger partial charge in [-0.15, -0.1) is 11.8 Å². The van der Waals surface area contributed by atoms with Crippen LogP contribution in [0.3, 0.4) is 0 Å². The van der Waals surface area contributed by atoms with Crippen LogP contribution in [0.2, 0.25) is 0 Å². The molecule has 12 heavy (non-hydrogen) atoms. The average Bonchev–Trinajstić information content (AvgIpc) is 2.04. The van der Waals surface area contributed by atoms with E-state index in [9.17, 15) is 4.79 Å². The zero-order valence-corrected chi connectivity index (χ0v) is 7.34. The molecule has 1 aromatic rings. The van der Waals surface area contributed by atoms with Gasteiger partial charge in [-0.2, -0.15) is 0 Å². The van der Waals surface area contributed by atoms with Gasteiger partial charge < -0.3 is 5.11 Å². The minimum Gasteiger partial charge on any atom is -0.481 e. The molecule has 0 atom stereocenters. The van der Waals surface area contributed by atoms with Crippen molar-refractivity contribution in [3.05, 3.63) is 18.1 Å². The summed E-state index contributed by atoms with van der Waals surface area (Å²) in [5.41, 5.74) is 0.664. The Morgan fingerprint density at radius 1 is 1.75 bits per heavy atom. The van der Waals surface area contributed by atoms with Crippen LogP contribution in [0.15, 0.2) is 17.6 Å². The Morgan fingerprint density at radius 2 is 2.50 bits per heavy atom. The normalized spacial score (nSPS) is 9.75. The highest BCUT2D eigenvalue weighted by molar-refractivity contribution is 7.98. The van der Waals surface area contributed by atoms with Crippen LogP contribution in [0.25, 0.3) is 0 Å². The van der Waals surface area contributed by atoms with Crippen molar-refractivity contribution in [2.24, 2.45) is 0 Å². The van der Waals surface area contributed by atoms with Gasteiger partial charge in [0.2, 0.25) is 0 Å². The molecule has 4 nitrogen and oxygen atoms in total. The molecule has 0 fully saturated rings. The summed E-state index contributed by atoms with van der Waals surface area (Å²) in [4.78, 5) is 18.1. The van der Waals surface area contributed by atoms with Gasteiger partial charge in [0.15, 0.2) is 0 Å². The first-order chi connectivity index (χ1) is 5.74. The van der Waals surface area contributed by atoms with Crippen LogP contribution in [0.4, 0.5) is 0 Å². The van der Waals surface area contributed by atoms with E-state index in [1.807, 2.05) is 6.26 Å². The molecule has 1 heterocycles. The van der Waals surface area contributed by atoms with Crippen LogP contribution in [0.1, 0.15) is 5.56 Å². The van der Waals surface area contributed by atoms with E-state index in [0.29, 0.717) is 5.56 Å². The number of nitrogens with zero attached hydrogens (tertiary/aromatic N) is 2. The monoisotopic (exact) mass is 184 g/mol. The van der Waals surface area contributed by atoms with Crippen LogP contribution in [-0.4, -0.2) is 27.3 Å². The van der Waals surface area contributed by atoms with Crippen molar-refractivity contribution >= 4 is 17.7 Å². The lowest BCUT2D eigenvalue weighted by Crippen LogP contribution is -2.02. The van der Waals surface area contributed by atoms with Crippen molar-refractivity contribution in [2.75, 3.05) is 6.26 Å². The van der Waals surface area contributed by atoms with Gasteiger partial charge in [-0.3, -0.25) is 4.79 Å². The zero-order valence-electron chi connectivity index (χ0n) is 6.52. The van der Waals surface area contributed by atoms with Crippen molar-refractivity contribution < 1.29 is 9.90 Å². The van der Waals surface area contributed by atoms with E-state index in [0.717, 1.165) is 5.03 Å². The van der Waals surface area contributed by atoms with Gasteiger partial charge in [-0.1, -0.05) is 0 Å². The minimum atomic E-state index is -0.861. The molecule has 0 aliphatic carbocycles. The van der Waals surface area contributed by atoms with Gasteiger partial charge in [0.05, 0.1) is 6.42 Å². The van der Waals surface area contributed by atoms with Gasteiger partial charge in [0.25, 0.3) is 0 Å². The Kier molecular flexibility index (Phi) is 3.04. The maximum atomic E-state index is 10.4. The third-order valence-corrected chi connectivity index (χ3v) is 2.04. The molecular formula is C7H8N2O2S. The standard InChI is InChI=1S/C7H8N2O2S/c1-12-7-5(2-6(10)11)3-8-4-9-7/h3-4H,2H2,1H3,(H,10,11). The molecule has 0 radical (unpaired) electrons. The molecule has 0 spiro atoms. The predicted molar refractivity (Wildman–Crippen MR) is 45.2 cm³/mol. The van der Waals surface area contributed by atoms with E-state index in [1.165, 1.54) is 24.3 Å². The van der Waals surface area contributed by atoms with Gasteiger partial charge in [0, 0.05) is 11.8 Å². The number of aromatic nitrogens is 2. The van der Waals surface area contributed by atoms with Crippen molar-refractivity contribution in [3.8, 4) is 0 Å². The van der Waals surface area contributed by atoms with E-state index in [-0.39, 0.29) is 6.42 Å². The number of rotatable bonds is 3. The summed E-state index contributed by atoms with van der Waals surface area (Å²) in [6, 6.07) is 0. The van der Waals surface area contributed by atoms with Gasteiger partial charge >= 0.3 is 5.97 Å². The van der Waals surface area contributed by atoms with Crippen LogP contribution in [-0.2, 0) is 11.2 Å². The number of carboxylic acid groups (broad SMARTS) is 1. The molecule has 0 aliphatic heterocycles. The Labute approximate surface area is 74.0 Å². The predicted octanol–water partition coefficient (Wildman–Crippen LogP) is 0.826. The molecule has 0 unspecified atom stereocenters. The third kappa shape index (κ3) is 2.20. The van der Waals surface area contributed by atoms with Gasteiger partial charge in [0.1, 0.15) is 11.4 Å². The van der Waals surface area contributed by atoms with Crippen LogP contribution in [0.5, 0.6) is 0 Å². The van der Waals surface area contributed by atoms with E-state index in [1.54, 1.807) is 0 Å². The fraction of sp³-hybridized carbons (Fsp3) is 0.286. The summed E-state index contributed by atoms with van der Waals surface area (Å²) < 4.78 is 0. The van der Waals surface area contributed by atoms with Crippen molar-refractivity contribution in [1.29, 1.82) is 0 Å². The molecule has 0 saturated heterocycles. The molecule has 1 aromatic heterocycles. The quantitative estimate of drug-likeness (QED) is 0.556. The molecule has 1 N–H and O–H groups in total. The topological polar surface area (TPSA) is 63.1 Å². The van der Waals surface area contributed by atoms with E-state index < -0.39 is 5.97 Å². The Bertz CT molecular complexity index is 290. The highest BCUT2D eigenvalue weighted by atomic mass is 32.2. The highest BCUT2D eigenvalue weighted by Crippen LogP contribution is 2.15. The Hall–Kier alpha value is -1.10. The summed E-state index contributed by atoms with van der Waals surface area (Å²) in [5.74, 6) is -0.861. The second kappa shape index (κ2) is 4.06. The van der Waals surface area contributed by atoms with E-state index in [2.05, 4.69) is 9.97 Å². The SMILES string of the molecule is CSc1ncncc1CC(=O)O. The number of thioether (sulfide) groups is 1. The number of hydrogen-bond donors (Lipinski definition) is 1. The van der Waals surface area contributed by atoms with E-state index >= 15 is 0 Å². The summed E-state index contributed by atoms with van der Waals surface area (Å²) in [5, 5.41) is 9.25. The molecule has 5 heteroatoms. The molecule has 0 saturated carbocycles. The average molecular weight is 184 g/mol. The number of aliphatic carboxylic acids is 1. The lowest BCUT2D eigenvalue weighted by molar-refractivity contribution is -0.136. The third-order valence-electron chi connectivity index (χ3n) is 1.28. The summed E-state index contributed by atoms with van der Waals surface area (Å²) in [7, 11) is 0. The number of carboxylic acids is 1. The number of carbonyl (C=O) groups is 1. The van der Waals surface area contributed by atoms with Crippen LogP contribution >= 0.6 is 11.8 Å². The first-order valence-corrected chi connectivity index (χ1v) is 4.51. The van der Waals surface area contributed by atoms with Crippen LogP contribution in [0, 0.1) is 0 Å². The second-order valence-corrected chi connectivity index (χ2v) is 2.92. The van der Waals surface area contributed by atoms with Crippen molar-refractivity contribution in [1.82, 2.24) is 9.97 Å². The minimum absolute atomic E-state index is 0.0169. The highest BCUT2D eigenvalue weighted by Gasteiger charge is 2.06. The first kappa shape index (κ1) is 8.99.